The molecule has 0 radical (unpaired) electrons. The van der Waals surface area contributed by atoms with E-state index in [2.05, 4.69) is 27.4 Å². The quantitative estimate of drug-likeness (QED) is 0.498. The molecule has 0 aromatic carbocycles. The van der Waals surface area contributed by atoms with Crippen LogP contribution >= 0.6 is 23.4 Å². The van der Waals surface area contributed by atoms with Crippen molar-refractivity contribution in [2.75, 3.05) is 11.1 Å². The maximum atomic E-state index is 12.1. The monoisotopic (exact) mass is 377 g/mol. The number of nitrogens with zero attached hydrogens (tertiary/aromatic N) is 4. The number of aromatic nitrogens is 4. The summed E-state index contributed by atoms with van der Waals surface area (Å²) in [7, 11) is 0. The zero-order valence-corrected chi connectivity index (χ0v) is 15.0. The number of rotatable bonds is 7. The zero-order chi connectivity index (χ0) is 17.6. The summed E-state index contributed by atoms with van der Waals surface area (Å²) in [6, 6.07) is 7.05. The summed E-state index contributed by atoms with van der Waals surface area (Å²) >= 11 is 7.25. The summed E-state index contributed by atoms with van der Waals surface area (Å²) in [5.74, 6) is 1.31. The van der Waals surface area contributed by atoms with E-state index in [4.69, 9.17) is 16.0 Å². The highest BCUT2D eigenvalue weighted by Crippen LogP contribution is 2.25. The normalized spacial score (nSPS) is 10.8. The van der Waals surface area contributed by atoms with Gasteiger partial charge in [-0.25, -0.2) is 4.98 Å². The Bertz CT molecular complexity index is 850. The van der Waals surface area contributed by atoms with Crippen molar-refractivity contribution in [3.63, 3.8) is 0 Å². The Labute approximate surface area is 153 Å². The molecule has 0 saturated carbocycles. The van der Waals surface area contributed by atoms with Crippen LogP contribution in [-0.4, -0.2) is 31.4 Å². The van der Waals surface area contributed by atoms with Crippen molar-refractivity contribution in [3.05, 3.63) is 41.9 Å². The number of carbonyl (C=O) groups is 1. The minimum absolute atomic E-state index is 0.186. The third kappa shape index (κ3) is 4.21. The molecule has 0 aliphatic heterocycles. The van der Waals surface area contributed by atoms with Gasteiger partial charge in [-0.1, -0.05) is 30.3 Å². The average Bonchev–Trinajstić information content (AvgIpc) is 3.25. The molecule has 1 N–H and O–H groups in total. The first kappa shape index (κ1) is 17.5. The highest BCUT2D eigenvalue weighted by molar-refractivity contribution is 7.99. The lowest BCUT2D eigenvalue weighted by Gasteiger charge is -2.08. The van der Waals surface area contributed by atoms with E-state index in [0.717, 1.165) is 13.0 Å². The highest BCUT2D eigenvalue weighted by Gasteiger charge is 2.17. The molecule has 9 heteroatoms. The molecule has 3 heterocycles. The van der Waals surface area contributed by atoms with Crippen molar-refractivity contribution in [1.82, 2.24) is 19.7 Å². The maximum Gasteiger partial charge on any atom is 0.234 e. The molecular formula is C16H16ClN5O2S. The van der Waals surface area contributed by atoms with Gasteiger partial charge in [-0.05, 0) is 30.7 Å². The van der Waals surface area contributed by atoms with Crippen molar-refractivity contribution in [3.8, 4) is 11.6 Å². The fourth-order valence-electron chi connectivity index (χ4n) is 2.20. The Morgan fingerprint density at radius 1 is 1.36 bits per heavy atom. The number of anilines is 1. The van der Waals surface area contributed by atoms with Gasteiger partial charge >= 0.3 is 0 Å². The maximum absolute atomic E-state index is 12.1. The van der Waals surface area contributed by atoms with Crippen LogP contribution in [0, 0.1) is 0 Å². The van der Waals surface area contributed by atoms with Crippen LogP contribution < -0.4 is 5.32 Å². The van der Waals surface area contributed by atoms with Gasteiger partial charge in [0.2, 0.25) is 5.91 Å². The Kier molecular flexibility index (Phi) is 5.72. The first-order valence-corrected chi connectivity index (χ1v) is 9.05. The standard InChI is InChI=1S/C16H16ClN5O2S/c1-2-8-22-15(12-6-4-9-24-12)20-21-16(22)25-10-13(23)19-11-5-3-7-18-14(11)17/h3-7,9H,2,8,10H2,1H3,(H,19,23). The highest BCUT2D eigenvalue weighted by atomic mass is 35.5. The SMILES string of the molecule is CCCn1c(SCC(=O)Nc2cccnc2Cl)nnc1-c1ccco1. The van der Waals surface area contributed by atoms with Crippen LogP contribution in [0.5, 0.6) is 0 Å². The second-order valence-corrected chi connectivity index (χ2v) is 6.41. The number of hydrogen-bond donors (Lipinski definition) is 1. The van der Waals surface area contributed by atoms with Crippen LogP contribution in [0.15, 0.2) is 46.3 Å². The summed E-state index contributed by atoms with van der Waals surface area (Å²) in [5, 5.41) is 12.0. The van der Waals surface area contributed by atoms with E-state index >= 15 is 0 Å². The van der Waals surface area contributed by atoms with Crippen LogP contribution in [0.25, 0.3) is 11.6 Å². The molecule has 3 rings (SSSR count). The van der Waals surface area contributed by atoms with E-state index in [1.165, 1.54) is 11.8 Å². The van der Waals surface area contributed by atoms with Gasteiger partial charge in [0.05, 0.1) is 17.7 Å². The minimum atomic E-state index is -0.189. The second kappa shape index (κ2) is 8.17. The van der Waals surface area contributed by atoms with Gasteiger partial charge in [-0.2, -0.15) is 0 Å². The molecule has 0 bridgehead atoms. The molecule has 0 unspecified atom stereocenters. The summed E-state index contributed by atoms with van der Waals surface area (Å²) in [6.45, 7) is 2.80. The summed E-state index contributed by atoms with van der Waals surface area (Å²) in [4.78, 5) is 16.1. The molecule has 0 aliphatic rings. The summed E-state index contributed by atoms with van der Waals surface area (Å²) in [6.07, 6.45) is 4.07. The molecule has 0 atom stereocenters. The fourth-order valence-corrected chi connectivity index (χ4v) is 3.14. The van der Waals surface area contributed by atoms with Gasteiger partial charge in [0, 0.05) is 12.7 Å². The molecule has 1 amide bonds. The number of thioether (sulfide) groups is 1. The van der Waals surface area contributed by atoms with Crippen molar-refractivity contribution in [2.45, 2.75) is 25.0 Å². The molecule has 0 aliphatic carbocycles. The van der Waals surface area contributed by atoms with Gasteiger partial charge in [0.15, 0.2) is 21.9 Å². The first-order chi connectivity index (χ1) is 12.2. The number of halogens is 1. The van der Waals surface area contributed by atoms with E-state index in [0.29, 0.717) is 22.4 Å². The van der Waals surface area contributed by atoms with Crippen LogP contribution in [0.2, 0.25) is 5.15 Å². The number of furan rings is 1. The van der Waals surface area contributed by atoms with Gasteiger partial charge in [-0.3, -0.25) is 9.36 Å². The predicted octanol–water partition coefficient (Wildman–Crippen LogP) is 3.73. The van der Waals surface area contributed by atoms with Crippen LogP contribution in [0.3, 0.4) is 0 Å². The molecule has 0 saturated heterocycles. The Hall–Kier alpha value is -2.32. The van der Waals surface area contributed by atoms with Gasteiger partial charge in [-0.15, -0.1) is 10.2 Å². The molecule has 0 fully saturated rings. The van der Waals surface area contributed by atoms with Crippen molar-refractivity contribution in [1.29, 1.82) is 0 Å². The molecule has 0 spiro atoms. The zero-order valence-electron chi connectivity index (χ0n) is 13.5. The minimum Gasteiger partial charge on any atom is -0.461 e. The van der Waals surface area contributed by atoms with E-state index in [1.807, 2.05) is 10.6 Å². The Balaban J connectivity index is 1.68. The van der Waals surface area contributed by atoms with Gasteiger partial charge in [0.1, 0.15) is 0 Å². The number of nitrogens with one attached hydrogen (secondary N) is 1. The third-order valence-corrected chi connectivity index (χ3v) is 4.54. The smallest absolute Gasteiger partial charge is 0.234 e. The Morgan fingerprint density at radius 2 is 2.24 bits per heavy atom. The molecule has 130 valence electrons. The lowest BCUT2D eigenvalue weighted by molar-refractivity contribution is -0.113. The number of amides is 1. The van der Waals surface area contributed by atoms with E-state index < -0.39 is 0 Å². The number of hydrogen-bond acceptors (Lipinski definition) is 6. The van der Waals surface area contributed by atoms with Gasteiger partial charge in [0.25, 0.3) is 0 Å². The van der Waals surface area contributed by atoms with Crippen molar-refractivity contribution in [2.24, 2.45) is 0 Å². The summed E-state index contributed by atoms with van der Waals surface area (Å²) < 4.78 is 7.36. The number of pyridine rings is 1. The fraction of sp³-hybridized carbons (Fsp3) is 0.250. The first-order valence-electron chi connectivity index (χ1n) is 7.69. The lowest BCUT2D eigenvalue weighted by atomic mass is 10.4. The molecule has 7 nitrogen and oxygen atoms in total. The van der Waals surface area contributed by atoms with Crippen molar-refractivity contribution < 1.29 is 9.21 Å². The lowest BCUT2D eigenvalue weighted by Crippen LogP contribution is -2.15. The topological polar surface area (TPSA) is 85.8 Å². The third-order valence-electron chi connectivity index (χ3n) is 3.27. The Morgan fingerprint density at radius 3 is 2.96 bits per heavy atom. The van der Waals surface area contributed by atoms with Crippen LogP contribution in [0.1, 0.15) is 13.3 Å². The molecular weight excluding hydrogens is 362 g/mol. The number of carbonyl (C=O) groups excluding carboxylic acids is 1. The predicted molar refractivity (Wildman–Crippen MR) is 96.6 cm³/mol. The average molecular weight is 378 g/mol. The van der Waals surface area contributed by atoms with E-state index in [9.17, 15) is 4.79 Å². The molecule has 25 heavy (non-hydrogen) atoms. The van der Waals surface area contributed by atoms with E-state index in [-0.39, 0.29) is 16.8 Å². The van der Waals surface area contributed by atoms with Crippen LogP contribution in [-0.2, 0) is 11.3 Å². The summed E-state index contributed by atoms with van der Waals surface area (Å²) in [5.41, 5.74) is 0.487. The van der Waals surface area contributed by atoms with Crippen LogP contribution in [0.4, 0.5) is 5.69 Å². The van der Waals surface area contributed by atoms with Gasteiger partial charge < -0.3 is 9.73 Å². The molecule has 3 aromatic heterocycles. The second-order valence-electron chi connectivity index (χ2n) is 5.11. The van der Waals surface area contributed by atoms with Crippen molar-refractivity contribution >= 4 is 35.0 Å². The molecule has 3 aromatic rings. The van der Waals surface area contributed by atoms with E-state index in [1.54, 1.807) is 30.7 Å². The largest absolute Gasteiger partial charge is 0.461 e.